The highest BCUT2D eigenvalue weighted by Crippen LogP contribution is 2.32. The molecule has 2 N–H and O–H groups in total. The van der Waals surface area contributed by atoms with E-state index in [2.05, 4.69) is 10.2 Å². The Morgan fingerprint density at radius 3 is 2.50 bits per heavy atom. The van der Waals surface area contributed by atoms with Crippen LogP contribution >= 0.6 is 0 Å². The molecule has 0 amide bonds. The van der Waals surface area contributed by atoms with Crippen molar-refractivity contribution < 1.29 is 16.8 Å². The molecule has 0 radical (unpaired) electrons. The van der Waals surface area contributed by atoms with E-state index in [0.717, 1.165) is 11.0 Å². The van der Waals surface area contributed by atoms with Gasteiger partial charge in [-0.3, -0.25) is 0 Å². The highest BCUT2D eigenvalue weighted by molar-refractivity contribution is 7.91. The van der Waals surface area contributed by atoms with Crippen LogP contribution in [0.3, 0.4) is 0 Å². The Kier molecular flexibility index (Phi) is 3.19. The first-order valence-corrected chi connectivity index (χ1v) is 8.63. The number of primary sulfonamides is 1. The number of sulfone groups is 1. The lowest BCUT2D eigenvalue weighted by molar-refractivity contribution is 0.528. The molecule has 1 aromatic rings. The molecule has 0 saturated carbocycles. The summed E-state index contributed by atoms with van der Waals surface area (Å²) in [5, 5.41) is 10.9. The van der Waals surface area contributed by atoms with Crippen molar-refractivity contribution in [2.24, 2.45) is 12.2 Å². The van der Waals surface area contributed by atoms with Crippen LogP contribution in [-0.2, 0) is 26.9 Å². The van der Waals surface area contributed by atoms with Gasteiger partial charge in [-0.2, -0.15) is 0 Å². The van der Waals surface area contributed by atoms with Gasteiger partial charge in [0, 0.05) is 7.05 Å². The average Bonchev–Trinajstić information content (AvgIpc) is 2.59. The highest BCUT2D eigenvalue weighted by Gasteiger charge is 2.35. The van der Waals surface area contributed by atoms with Gasteiger partial charge in [-0.15, -0.1) is 10.2 Å². The Bertz CT molecular complexity index is 661. The van der Waals surface area contributed by atoms with Crippen LogP contribution < -0.4 is 5.14 Å². The fraction of sp³-hybridized carbons (Fsp3) is 0.750. The molecule has 0 spiro atoms. The fourth-order valence-corrected chi connectivity index (χ4v) is 4.67. The molecule has 10 heteroatoms. The van der Waals surface area contributed by atoms with Crippen LogP contribution in [0.1, 0.15) is 30.3 Å². The number of hydrogen-bond acceptors (Lipinski definition) is 6. The normalized spacial score (nSPS) is 24.0. The minimum absolute atomic E-state index is 0.0925. The van der Waals surface area contributed by atoms with Gasteiger partial charge < -0.3 is 4.57 Å². The van der Waals surface area contributed by atoms with Crippen LogP contribution in [0.25, 0.3) is 0 Å². The largest absolute Gasteiger partial charge is 0.303 e. The van der Waals surface area contributed by atoms with Crippen LogP contribution in [0.5, 0.6) is 0 Å². The lowest BCUT2D eigenvalue weighted by Gasteiger charge is -2.21. The van der Waals surface area contributed by atoms with Crippen molar-refractivity contribution in [1.82, 2.24) is 14.8 Å². The van der Waals surface area contributed by atoms with E-state index < -0.39 is 30.3 Å². The molecule has 18 heavy (non-hydrogen) atoms. The third-order valence-corrected chi connectivity index (χ3v) is 6.03. The van der Waals surface area contributed by atoms with Crippen LogP contribution in [0.15, 0.2) is 5.16 Å². The van der Waals surface area contributed by atoms with Gasteiger partial charge in [-0.05, 0) is 12.8 Å². The molecule has 1 aromatic heterocycles. The van der Waals surface area contributed by atoms with Crippen molar-refractivity contribution in [3.63, 3.8) is 0 Å². The molecule has 0 aliphatic carbocycles. The average molecular weight is 294 g/mol. The number of nitrogens with zero attached hydrogens (tertiary/aromatic N) is 3. The van der Waals surface area contributed by atoms with Gasteiger partial charge in [-0.25, -0.2) is 22.0 Å². The molecule has 1 saturated heterocycles. The molecule has 2 rings (SSSR count). The number of sulfonamides is 1. The first-order valence-electron chi connectivity index (χ1n) is 5.37. The predicted octanol–water partition coefficient (Wildman–Crippen LogP) is -0.898. The molecule has 1 atom stereocenters. The number of rotatable bonds is 2. The number of nitrogens with two attached hydrogens (primary N) is 1. The van der Waals surface area contributed by atoms with Crippen molar-refractivity contribution in [1.29, 1.82) is 0 Å². The lowest BCUT2D eigenvalue weighted by Crippen LogP contribution is -2.25. The first kappa shape index (κ1) is 13.4. The summed E-state index contributed by atoms with van der Waals surface area (Å²) >= 11 is 0. The smallest absolute Gasteiger partial charge is 0.273 e. The molecule has 1 fully saturated rings. The van der Waals surface area contributed by atoms with E-state index in [0.29, 0.717) is 12.8 Å². The van der Waals surface area contributed by atoms with Crippen molar-refractivity contribution >= 4 is 19.9 Å². The zero-order valence-corrected chi connectivity index (χ0v) is 11.4. The van der Waals surface area contributed by atoms with Crippen LogP contribution in [0.2, 0.25) is 0 Å². The number of aromatic nitrogens is 3. The Labute approximate surface area is 105 Å². The maximum atomic E-state index is 11.9. The van der Waals surface area contributed by atoms with Crippen molar-refractivity contribution in [2.45, 2.75) is 29.7 Å². The molecule has 1 unspecified atom stereocenters. The van der Waals surface area contributed by atoms with Gasteiger partial charge in [0.25, 0.3) is 15.2 Å². The first-order chi connectivity index (χ1) is 8.23. The second kappa shape index (κ2) is 4.28. The van der Waals surface area contributed by atoms with Crippen molar-refractivity contribution in [2.75, 3.05) is 5.75 Å². The number of hydrogen-bond donors (Lipinski definition) is 1. The summed E-state index contributed by atoms with van der Waals surface area (Å²) in [5.74, 6) is 0.230. The molecule has 2 heterocycles. The summed E-state index contributed by atoms with van der Waals surface area (Å²) in [6.07, 6.45) is 1.82. The second-order valence-corrected chi connectivity index (χ2v) is 8.05. The van der Waals surface area contributed by atoms with Crippen molar-refractivity contribution in [3.05, 3.63) is 5.82 Å². The van der Waals surface area contributed by atoms with Crippen molar-refractivity contribution in [3.8, 4) is 0 Å². The Morgan fingerprint density at radius 2 is 2.00 bits per heavy atom. The highest BCUT2D eigenvalue weighted by atomic mass is 32.2. The summed E-state index contributed by atoms with van der Waals surface area (Å²) in [5.41, 5.74) is 0. The minimum atomic E-state index is -3.99. The van der Waals surface area contributed by atoms with E-state index in [1.165, 1.54) is 7.05 Å². The molecule has 102 valence electrons. The van der Waals surface area contributed by atoms with Gasteiger partial charge in [0.15, 0.2) is 15.7 Å². The summed E-state index contributed by atoms with van der Waals surface area (Å²) in [7, 11) is -5.88. The quantitative estimate of drug-likeness (QED) is 0.753. The van der Waals surface area contributed by atoms with E-state index in [1.54, 1.807) is 0 Å². The summed E-state index contributed by atoms with van der Waals surface area (Å²) < 4.78 is 47.4. The van der Waals surface area contributed by atoms with Crippen LogP contribution in [0.4, 0.5) is 0 Å². The topological polar surface area (TPSA) is 125 Å². The Morgan fingerprint density at radius 1 is 1.33 bits per heavy atom. The molecule has 0 aromatic carbocycles. The van der Waals surface area contributed by atoms with E-state index in [1.807, 2.05) is 0 Å². The maximum Gasteiger partial charge on any atom is 0.273 e. The Hall–Kier alpha value is -1.00. The predicted molar refractivity (Wildman–Crippen MR) is 62.8 cm³/mol. The molecule has 1 aliphatic heterocycles. The maximum absolute atomic E-state index is 11.9. The van der Waals surface area contributed by atoms with Gasteiger partial charge >= 0.3 is 0 Å². The fourth-order valence-electron chi connectivity index (χ4n) is 2.10. The molecular formula is C8H14N4O4S2. The summed E-state index contributed by atoms with van der Waals surface area (Å²) in [4.78, 5) is 0. The van der Waals surface area contributed by atoms with Gasteiger partial charge in [0.1, 0.15) is 5.25 Å². The molecule has 8 nitrogen and oxygen atoms in total. The monoisotopic (exact) mass is 294 g/mol. The Balaban J connectivity index is 2.50. The van der Waals surface area contributed by atoms with E-state index in [9.17, 15) is 16.8 Å². The van der Waals surface area contributed by atoms with Gasteiger partial charge in [0.2, 0.25) is 0 Å². The van der Waals surface area contributed by atoms with Crippen LogP contribution in [-0.4, -0.2) is 37.4 Å². The molecule has 1 aliphatic rings. The van der Waals surface area contributed by atoms with Gasteiger partial charge in [-0.1, -0.05) is 6.42 Å². The molecule has 0 bridgehead atoms. The van der Waals surface area contributed by atoms with Gasteiger partial charge in [0.05, 0.1) is 5.75 Å². The zero-order valence-electron chi connectivity index (χ0n) is 9.77. The third-order valence-electron chi connectivity index (χ3n) is 2.99. The third kappa shape index (κ3) is 2.27. The second-order valence-electron chi connectivity index (χ2n) is 4.30. The zero-order chi connectivity index (χ0) is 13.6. The van der Waals surface area contributed by atoms with E-state index in [-0.39, 0.29) is 11.6 Å². The van der Waals surface area contributed by atoms with Crippen LogP contribution in [0, 0.1) is 0 Å². The lowest BCUT2D eigenvalue weighted by atomic mass is 10.2. The van der Waals surface area contributed by atoms with E-state index in [4.69, 9.17) is 5.14 Å². The SMILES string of the molecule is Cn1c(C2CCCCS2(=O)=O)nnc1S(N)(=O)=O. The summed E-state index contributed by atoms with van der Waals surface area (Å²) in [6.45, 7) is 0. The summed E-state index contributed by atoms with van der Waals surface area (Å²) in [6, 6.07) is 0. The minimum Gasteiger partial charge on any atom is -0.303 e. The standard InChI is InChI=1S/C8H14N4O4S2/c1-12-7(10-11-8(12)18(9,15)16)6-4-2-3-5-17(6,13)14/h6H,2-5H2,1H3,(H2,9,15,16). The van der Waals surface area contributed by atoms with E-state index >= 15 is 0 Å². The molecular weight excluding hydrogens is 280 g/mol.